The van der Waals surface area contributed by atoms with Gasteiger partial charge in [0.25, 0.3) is 30.4 Å². The van der Waals surface area contributed by atoms with Gasteiger partial charge in [0, 0.05) is 7.26 Å². The summed E-state index contributed by atoms with van der Waals surface area (Å²) in [6.45, 7) is 0. The fourth-order valence-electron chi connectivity index (χ4n) is 9.36. The Kier molecular flexibility index (Phi) is 25.9. The molecule has 0 atom stereocenters. The lowest BCUT2D eigenvalue weighted by molar-refractivity contribution is 0.481. The van der Waals surface area contributed by atoms with E-state index < -0.39 is 37.6 Å². The smallest absolute Gasteiger partial charge is 0.282 e. The molecule has 4 aromatic carbocycles. The third-order valence-electron chi connectivity index (χ3n) is 13.4. The van der Waals surface area contributed by atoms with Gasteiger partial charge in [-0.1, -0.05) is 151 Å². The largest absolute Gasteiger partial charge is 0.294 e. The van der Waals surface area contributed by atoms with Crippen LogP contribution in [0.1, 0.15) is 171 Å². The van der Waals surface area contributed by atoms with Crippen molar-refractivity contribution in [1.82, 2.24) is 0 Å². The van der Waals surface area contributed by atoms with Crippen molar-refractivity contribution in [3.8, 4) is 0 Å². The lowest BCUT2D eigenvalue weighted by Gasteiger charge is -2.28. The van der Waals surface area contributed by atoms with Crippen molar-refractivity contribution >= 4 is 42.9 Å². The highest BCUT2D eigenvalue weighted by molar-refractivity contribution is 7.86. The molecule has 0 aliphatic carbocycles. The summed E-state index contributed by atoms with van der Waals surface area (Å²) in [4.78, 5) is -0.162. The lowest BCUT2D eigenvalue weighted by atomic mass is 10.0. The van der Waals surface area contributed by atoms with E-state index in [2.05, 4.69) is 30.3 Å². The van der Waals surface area contributed by atoms with Crippen molar-refractivity contribution in [3.05, 3.63) is 120 Å². The summed E-state index contributed by atoms with van der Waals surface area (Å²) in [6, 6.07) is 31.2. The van der Waals surface area contributed by atoms with E-state index in [1.54, 1.807) is 41.7 Å². The second-order valence-corrected chi connectivity index (χ2v) is 27.2. The van der Waals surface area contributed by atoms with Crippen molar-refractivity contribution in [1.29, 1.82) is 0 Å². The molecule has 0 fully saturated rings. The van der Waals surface area contributed by atoms with Crippen LogP contribution in [-0.2, 0) is 49.6 Å². The van der Waals surface area contributed by atoms with E-state index in [1.165, 1.54) is 190 Å². The quantitative estimate of drug-likeness (QED) is 0.0227. The Hall–Kier alpha value is -2.96. The Labute approximate surface area is 406 Å². The van der Waals surface area contributed by atoms with Crippen LogP contribution in [-0.4, -0.2) is 57.4 Å². The zero-order chi connectivity index (χ0) is 48.3. The number of hydrogen-bond donors (Lipinski definition) is 3. The summed E-state index contributed by atoms with van der Waals surface area (Å²) in [6.07, 6.45) is 36.4. The first kappa shape index (κ1) is 56.6. The zero-order valence-electron chi connectivity index (χ0n) is 40.0. The standard InChI is InChI=1S/C54H79O9PS3/c55-65(56,57)52-39-33-48(34-40-52)28-20-13-7-1-4-10-16-25-45-64(51-31-23-19-24-32-51,46-26-17-11-5-2-8-14-21-29-49-35-41-53(42-36-49)66(58,59)60)47-27-18-12-6-3-9-15-22-30-50-37-43-54(44-38-50)67(61,62)63/h19,23-24,31-44H,1-18,20-22,25-30,45-47H2,(H2-,55,56,57,58,59,60,61,62,63)/p+1. The molecule has 4 aromatic rings. The maximum absolute atomic E-state index is 11.3. The molecule has 0 radical (unpaired) electrons. The topological polar surface area (TPSA) is 163 Å². The normalized spacial score (nSPS) is 12.5. The number of rotatable bonds is 37. The van der Waals surface area contributed by atoms with Gasteiger partial charge in [-0.25, -0.2) is 0 Å². The van der Waals surface area contributed by atoms with E-state index in [4.69, 9.17) is 0 Å². The maximum atomic E-state index is 11.3. The van der Waals surface area contributed by atoms with Gasteiger partial charge in [0.2, 0.25) is 0 Å². The maximum Gasteiger partial charge on any atom is 0.294 e. The molecule has 0 unspecified atom stereocenters. The van der Waals surface area contributed by atoms with E-state index in [9.17, 15) is 38.9 Å². The Balaban J connectivity index is 1.17. The number of hydrogen-bond acceptors (Lipinski definition) is 6. The van der Waals surface area contributed by atoms with Crippen molar-refractivity contribution in [2.24, 2.45) is 0 Å². The molecule has 0 aliphatic rings. The second kappa shape index (κ2) is 30.6. The molecular formula is C54H80O9PS3+. The van der Waals surface area contributed by atoms with Gasteiger partial charge in [-0.2, -0.15) is 25.3 Å². The number of aryl methyl sites for hydroxylation is 3. The average Bonchev–Trinajstić information content (AvgIpc) is 3.30. The van der Waals surface area contributed by atoms with E-state index in [0.717, 1.165) is 55.2 Å². The summed E-state index contributed by atoms with van der Waals surface area (Å²) < 4.78 is 95.6. The molecule has 13 heteroatoms. The first-order valence-electron chi connectivity index (χ1n) is 25.3. The monoisotopic (exact) mass is 999 g/mol. The van der Waals surface area contributed by atoms with Crippen LogP contribution in [0, 0.1) is 0 Å². The van der Waals surface area contributed by atoms with Crippen LogP contribution < -0.4 is 5.30 Å². The van der Waals surface area contributed by atoms with Crippen LogP contribution in [0.25, 0.3) is 0 Å². The predicted octanol–water partition coefficient (Wildman–Crippen LogP) is 14.2. The highest BCUT2D eigenvalue weighted by Crippen LogP contribution is 2.59. The molecule has 67 heavy (non-hydrogen) atoms. The van der Waals surface area contributed by atoms with Crippen LogP contribution in [0.3, 0.4) is 0 Å². The summed E-state index contributed by atoms with van der Waals surface area (Å²) in [5.74, 6) is 0. The molecule has 0 heterocycles. The van der Waals surface area contributed by atoms with Crippen molar-refractivity contribution in [3.63, 3.8) is 0 Å². The first-order chi connectivity index (χ1) is 32.2. The van der Waals surface area contributed by atoms with Gasteiger partial charge in [0.05, 0.1) is 38.5 Å². The van der Waals surface area contributed by atoms with Gasteiger partial charge in [-0.3, -0.25) is 13.7 Å². The summed E-state index contributed by atoms with van der Waals surface area (Å²) in [5, 5.41) is 1.63. The van der Waals surface area contributed by atoms with Crippen molar-refractivity contribution in [2.45, 2.75) is 188 Å². The first-order valence-corrected chi connectivity index (χ1v) is 31.9. The number of benzene rings is 4. The summed E-state index contributed by atoms with van der Waals surface area (Å²) >= 11 is 0. The Bertz CT molecular complexity index is 2050. The third kappa shape index (κ3) is 23.0. The predicted molar refractivity (Wildman–Crippen MR) is 278 cm³/mol. The SMILES string of the molecule is O=S(=O)(O)c1ccc(CCCCCCCCCC[P+](CCCCCCCCCCc2ccc(S(=O)(=O)O)cc2)(CCCCCCCCCCc2ccc(S(=O)(=O)O)cc2)c2ccccc2)cc1. The van der Waals surface area contributed by atoms with Crippen LogP contribution in [0.15, 0.2) is 118 Å². The molecule has 0 spiro atoms. The lowest BCUT2D eigenvalue weighted by Crippen LogP contribution is -2.21. The van der Waals surface area contributed by atoms with Gasteiger partial charge in [-0.15, -0.1) is 0 Å². The van der Waals surface area contributed by atoms with Gasteiger partial charge < -0.3 is 0 Å². The van der Waals surface area contributed by atoms with Crippen LogP contribution >= 0.6 is 7.26 Å². The highest BCUT2D eigenvalue weighted by Gasteiger charge is 2.38. The van der Waals surface area contributed by atoms with Gasteiger partial charge in [0.1, 0.15) is 0 Å². The number of unbranched alkanes of at least 4 members (excludes halogenated alkanes) is 21. The Morgan fingerprint density at radius 3 is 0.746 bits per heavy atom. The Morgan fingerprint density at radius 2 is 0.507 bits per heavy atom. The highest BCUT2D eigenvalue weighted by atomic mass is 32.2. The molecule has 4 rings (SSSR count). The molecule has 372 valence electrons. The van der Waals surface area contributed by atoms with Crippen molar-refractivity contribution < 1.29 is 38.9 Å². The molecule has 0 amide bonds. The Morgan fingerprint density at radius 1 is 0.284 bits per heavy atom. The third-order valence-corrected chi connectivity index (χ3v) is 20.9. The van der Waals surface area contributed by atoms with Crippen LogP contribution in [0.2, 0.25) is 0 Å². The summed E-state index contributed by atoms with van der Waals surface area (Å²) in [7, 11) is -13.8. The zero-order valence-corrected chi connectivity index (χ0v) is 43.3. The minimum Gasteiger partial charge on any atom is -0.282 e. The second-order valence-electron chi connectivity index (χ2n) is 18.7. The minimum absolute atomic E-state index is 0.0540. The van der Waals surface area contributed by atoms with E-state index in [1.807, 2.05) is 0 Å². The molecule has 0 aliphatic heterocycles. The molecule has 3 N–H and O–H groups in total. The van der Waals surface area contributed by atoms with Gasteiger partial charge >= 0.3 is 0 Å². The molecule has 0 aromatic heterocycles. The van der Waals surface area contributed by atoms with Gasteiger partial charge in [0.15, 0.2) is 0 Å². The van der Waals surface area contributed by atoms with Crippen LogP contribution in [0.5, 0.6) is 0 Å². The average molecular weight is 1000 g/mol. The fraction of sp³-hybridized carbons (Fsp3) is 0.556. The van der Waals surface area contributed by atoms with Crippen LogP contribution in [0.4, 0.5) is 0 Å². The van der Waals surface area contributed by atoms with E-state index >= 15 is 0 Å². The van der Waals surface area contributed by atoms with E-state index in [-0.39, 0.29) is 14.7 Å². The molecular weight excluding hydrogens is 920 g/mol. The van der Waals surface area contributed by atoms with Crippen molar-refractivity contribution in [2.75, 3.05) is 18.5 Å². The summed E-state index contributed by atoms with van der Waals surface area (Å²) in [5.41, 5.74) is 3.31. The fourth-order valence-corrected chi connectivity index (χ4v) is 15.5. The minimum atomic E-state index is -4.15. The molecule has 0 saturated carbocycles. The molecule has 0 saturated heterocycles. The van der Waals surface area contributed by atoms with Gasteiger partial charge in [-0.05, 0) is 142 Å². The molecule has 9 nitrogen and oxygen atoms in total. The molecule has 0 bridgehead atoms. The van der Waals surface area contributed by atoms with E-state index in [0.29, 0.717) is 0 Å².